The minimum absolute atomic E-state index is 0.176. The smallest absolute Gasteiger partial charge is 0.269 e. The number of hydrogen-bond acceptors (Lipinski definition) is 4. The number of carbonyl (C=O) groups is 1. The molecule has 0 unspecified atom stereocenters. The summed E-state index contributed by atoms with van der Waals surface area (Å²) in [5.74, 6) is 0.462. The summed E-state index contributed by atoms with van der Waals surface area (Å²) in [6, 6.07) is 8.62. The Kier molecular flexibility index (Phi) is 5.27. The molecule has 0 aliphatic rings. The second kappa shape index (κ2) is 7.61. The fraction of sp³-hybridized carbons (Fsp3) is 0.278. The van der Waals surface area contributed by atoms with E-state index in [4.69, 9.17) is 16.3 Å². The van der Waals surface area contributed by atoms with Crippen LogP contribution in [0.5, 0.6) is 5.75 Å². The van der Waals surface area contributed by atoms with Gasteiger partial charge in [0.05, 0.1) is 17.4 Å². The van der Waals surface area contributed by atoms with Gasteiger partial charge in [-0.25, -0.2) is 0 Å². The van der Waals surface area contributed by atoms with E-state index in [2.05, 4.69) is 20.6 Å². The quantitative estimate of drug-likeness (QED) is 0.695. The molecule has 0 saturated carbocycles. The third-order valence-electron chi connectivity index (χ3n) is 3.80. The predicted molar refractivity (Wildman–Crippen MR) is 99.4 cm³/mol. The maximum atomic E-state index is 12.4. The van der Waals surface area contributed by atoms with Crippen molar-refractivity contribution in [1.29, 1.82) is 0 Å². The molecule has 0 radical (unpaired) electrons. The van der Waals surface area contributed by atoms with Gasteiger partial charge in [0.25, 0.3) is 5.91 Å². The summed E-state index contributed by atoms with van der Waals surface area (Å²) in [6.45, 7) is 4.12. The molecule has 2 heterocycles. The third-order valence-corrected chi connectivity index (χ3v) is 4.06. The minimum atomic E-state index is -0.238. The van der Waals surface area contributed by atoms with Crippen LogP contribution in [0.15, 0.2) is 36.5 Å². The zero-order valence-electron chi connectivity index (χ0n) is 14.8. The summed E-state index contributed by atoms with van der Waals surface area (Å²) < 4.78 is 7.36. The first-order valence-electron chi connectivity index (χ1n) is 8.17. The van der Waals surface area contributed by atoms with Crippen LogP contribution in [0, 0.1) is 6.92 Å². The third kappa shape index (κ3) is 4.23. The zero-order valence-corrected chi connectivity index (χ0v) is 15.5. The maximum Gasteiger partial charge on any atom is 0.269 e. The largest absolute Gasteiger partial charge is 0.491 e. The van der Waals surface area contributed by atoms with Crippen molar-refractivity contribution in [2.24, 2.45) is 7.05 Å². The number of aryl methyl sites for hydroxylation is 2. The number of carbonyl (C=O) groups excluding carboxylic acids is 1. The van der Waals surface area contributed by atoms with E-state index >= 15 is 0 Å². The molecule has 1 aromatic carbocycles. The van der Waals surface area contributed by atoms with E-state index in [0.717, 1.165) is 11.3 Å². The van der Waals surface area contributed by atoms with Crippen LogP contribution in [0.4, 0.5) is 0 Å². The van der Waals surface area contributed by atoms with E-state index in [1.54, 1.807) is 35.0 Å². The van der Waals surface area contributed by atoms with Gasteiger partial charge in [-0.2, -0.15) is 10.2 Å². The van der Waals surface area contributed by atoms with Crippen LogP contribution < -0.4 is 10.1 Å². The van der Waals surface area contributed by atoms with E-state index in [1.807, 2.05) is 27.1 Å². The van der Waals surface area contributed by atoms with Crippen molar-refractivity contribution in [2.75, 3.05) is 6.61 Å². The number of nitrogens with zero attached hydrogens (tertiary/aromatic N) is 3. The van der Waals surface area contributed by atoms with Gasteiger partial charge in [0, 0.05) is 23.8 Å². The molecule has 7 nitrogen and oxygen atoms in total. The lowest BCUT2D eigenvalue weighted by Crippen LogP contribution is -2.37. The van der Waals surface area contributed by atoms with Crippen LogP contribution >= 0.6 is 11.6 Å². The van der Waals surface area contributed by atoms with Crippen molar-refractivity contribution < 1.29 is 9.53 Å². The van der Waals surface area contributed by atoms with Gasteiger partial charge in [0.15, 0.2) is 0 Å². The molecule has 2 aromatic heterocycles. The second-order valence-electron chi connectivity index (χ2n) is 6.11. The monoisotopic (exact) mass is 373 g/mol. The number of benzene rings is 1. The maximum absolute atomic E-state index is 12.4. The van der Waals surface area contributed by atoms with Crippen molar-refractivity contribution in [1.82, 2.24) is 25.3 Å². The average Bonchev–Trinajstić information content (AvgIpc) is 3.20. The standard InChI is InChI=1S/C18H20ClN5O2/c1-11(10-26-14-6-4-13(19)5-7-14)20-18(25)17-8-16(21-22-17)15-9-24(3)23-12(15)2/h4-9,11H,10H2,1-3H3,(H,20,25)(H,21,22)/t11-/m0/s1. The molecule has 136 valence electrons. The first-order valence-corrected chi connectivity index (χ1v) is 8.55. The molecule has 0 aliphatic carbocycles. The van der Waals surface area contributed by atoms with Gasteiger partial charge in [-0.05, 0) is 44.2 Å². The predicted octanol–water partition coefficient (Wildman–Crippen LogP) is 2.97. The van der Waals surface area contributed by atoms with Crippen molar-refractivity contribution in [3.05, 3.63) is 52.9 Å². The lowest BCUT2D eigenvalue weighted by molar-refractivity contribution is 0.0921. The normalized spacial score (nSPS) is 12.0. The lowest BCUT2D eigenvalue weighted by Gasteiger charge is -2.14. The van der Waals surface area contributed by atoms with Crippen molar-refractivity contribution in [3.63, 3.8) is 0 Å². The summed E-state index contributed by atoms with van der Waals surface area (Å²) in [5.41, 5.74) is 2.82. The van der Waals surface area contributed by atoms with Gasteiger partial charge in [0.2, 0.25) is 0 Å². The Morgan fingerprint density at radius 2 is 2.12 bits per heavy atom. The molecular weight excluding hydrogens is 354 g/mol. The molecule has 0 spiro atoms. The van der Waals surface area contributed by atoms with Gasteiger partial charge < -0.3 is 10.1 Å². The Bertz CT molecular complexity index is 901. The number of hydrogen-bond donors (Lipinski definition) is 2. The van der Waals surface area contributed by atoms with Crippen LogP contribution in [0.1, 0.15) is 23.1 Å². The highest BCUT2D eigenvalue weighted by atomic mass is 35.5. The highest BCUT2D eigenvalue weighted by Crippen LogP contribution is 2.20. The number of aromatic amines is 1. The van der Waals surface area contributed by atoms with Crippen molar-refractivity contribution in [2.45, 2.75) is 19.9 Å². The fourth-order valence-electron chi connectivity index (χ4n) is 2.52. The number of ether oxygens (including phenoxy) is 1. The number of aromatic nitrogens is 4. The van der Waals surface area contributed by atoms with E-state index in [1.165, 1.54) is 0 Å². The van der Waals surface area contributed by atoms with Gasteiger partial charge in [-0.15, -0.1) is 0 Å². The van der Waals surface area contributed by atoms with Crippen LogP contribution in [0.25, 0.3) is 11.3 Å². The molecule has 2 N–H and O–H groups in total. The molecular formula is C18H20ClN5O2. The Morgan fingerprint density at radius 3 is 2.77 bits per heavy atom. The topological polar surface area (TPSA) is 84.8 Å². The summed E-state index contributed by atoms with van der Waals surface area (Å²) in [7, 11) is 1.85. The summed E-state index contributed by atoms with van der Waals surface area (Å²) >= 11 is 5.84. The van der Waals surface area contributed by atoms with E-state index in [-0.39, 0.29) is 11.9 Å². The number of H-pyrrole nitrogens is 1. The molecule has 0 fully saturated rings. The SMILES string of the molecule is Cc1nn(C)cc1-c1cc(C(=O)N[C@@H](C)COc2ccc(Cl)cc2)[nH]n1. The second-order valence-corrected chi connectivity index (χ2v) is 6.54. The Morgan fingerprint density at radius 1 is 1.38 bits per heavy atom. The minimum Gasteiger partial charge on any atom is -0.491 e. The Labute approximate surface area is 156 Å². The van der Waals surface area contributed by atoms with Gasteiger partial charge >= 0.3 is 0 Å². The molecule has 26 heavy (non-hydrogen) atoms. The summed E-state index contributed by atoms with van der Waals surface area (Å²) in [6.07, 6.45) is 1.87. The van der Waals surface area contributed by atoms with Crippen LogP contribution in [0.3, 0.4) is 0 Å². The van der Waals surface area contributed by atoms with Gasteiger partial charge in [-0.3, -0.25) is 14.6 Å². The molecule has 1 amide bonds. The highest BCUT2D eigenvalue weighted by Gasteiger charge is 2.16. The molecule has 1 atom stereocenters. The molecule has 8 heteroatoms. The van der Waals surface area contributed by atoms with Gasteiger partial charge in [-0.1, -0.05) is 11.6 Å². The van der Waals surface area contributed by atoms with Crippen LogP contribution in [-0.4, -0.2) is 38.5 Å². The van der Waals surface area contributed by atoms with Crippen LogP contribution in [-0.2, 0) is 7.05 Å². The first-order chi connectivity index (χ1) is 12.4. The van der Waals surface area contributed by atoms with Crippen LogP contribution in [0.2, 0.25) is 5.02 Å². The van der Waals surface area contributed by atoms with Gasteiger partial charge in [0.1, 0.15) is 18.1 Å². The summed E-state index contributed by atoms with van der Waals surface area (Å²) in [4.78, 5) is 12.4. The van der Waals surface area contributed by atoms with Crippen molar-refractivity contribution in [3.8, 4) is 17.0 Å². The van der Waals surface area contributed by atoms with E-state index < -0.39 is 0 Å². The number of halogens is 1. The lowest BCUT2D eigenvalue weighted by atomic mass is 10.2. The van der Waals surface area contributed by atoms with E-state index in [9.17, 15) is 4.79 Å². The number of amides is 1. The average molecular weight is 374 g/mol. The molecule has 0 saturated heterocycles. The number of rotatable bonds is 6. The summed E-state index contributed by atoms with van der Waals surface area (Å²) in [5, 5.41) is 14.8. The molecule has 0 aliphatic heterocycles. The number of nitrogens with one attached hydrogen (secondary N) is 2. The first kappa shape index (κ1) is 18.0. The van der Waals surface area contributed by atoms with E-state index in [0.29, 0.717) is 28.8 Å². The Hall–Kier alpha value is -2.80. The zero-order chi connectivity index (χ0) is 18.7. The molecule has 0 bridgehead atoms. The Balaban J connectivity index is 1.57. The molecule has 3 rings (SSSR count). The highest BCUT2D eigenvalue weighted by molar-refractivity contribution is 6.30. The fourth-order valence-corrected chi connectivity index (χ4v) is 2.65. The molecule has 3 aromatic rings. The van der Waals surface area contributed by atoms with Crippen molar-refractivity contribution >= 4 is 17.5 Å².